The predicted molar refractivity (Wildman–Crippen MR) is 68.3 cm³/mol. The largest absolute Gasteiger partial charge is 0.368 e. The minimum atomic E-state index is -0.483. The molecule has 0 saturated carbocycles. The molecule has 19 heavy (non-hydrogen) atoms. The van der Waals surface area contributed by atoms with Crippen molar-refractivity contribution in [3.63, 3.8) is 0 Å². The highest BCUT2D eigenvalue weighted by Crippen LogP contribution is 2.19. The zero-order chi connectivity index (χ0) is 13.7. The second kappa shape index (κ2) is 6.29. The number of hydroxylamine groups is 2. The van der Waals surface area contributed by atoms with Crippen molar-refractivity contribution < 1.29 is 14.6 Å². The third kappa shape index (κ3) is 3.75. The van der Waals surface area contributed by atoms with Crippen LogP contribution in [0.25, 0.3) is 0 Å². The van der Waals surface area contributed by atoms with E-state index in [0.717, 1.165) is 32.4 Å². The Bertz CT molecular complexity index is 469. The summed E-state index contributed by atoms with van der Waals surface area (Å²) in [5, 5.41) is 12.5. The number of hydrogen-bond acceptors (Lipinski definition) is 5. The summed E-state index contributed by atoms with van der Waals surface area (Å²) in [4.78, 5) is 27.3. The molecule has 0 spiro atoms. The molecule has 0 bridgehead atoms. The van der Waals surface area contributed by atoms with Crippen molar-refractivity contribution in [2.24, 2.45) is 0 Å². The van der Waals surface area contributed by atoms with E-state index < -0.39 is 10.9 Å². The quantitative estimate of drug-likeness (QED) is 0.615. The lowest BCUT2D eigenvalue weighted by molar-refractivity contribution is -0.385. The van der Waals surface area contributed by atoms with Crippen LogP contribution in [0.5, 0.6) is 0 Å². The van der Waals surface area contributed by atoms with Crippen molar-refractivity contribution in [1.82, 2.24) is 5.06 Å². The summed E-state index contributed by atoms with van der Waals surface area (Å²) in [5.74, 6) is -0.448. The molecule has 0 aliphatic carbocycles. The Balaban J connectivity index is 1.96. The molecule has 1 aliphatic rings. The van der Waals surface area contributed by atoms with Crippen molar-refractivity contribution in [2.45, 2.75) is 25.7 Å². The molecule has 6 heteroatoms. The summed E-state index contributed by atoms with van der Waals surface area (Å²) >= 11 is 0. The van der Waals surface area contributed by atoms with Crippen molar-refractivity contribution in [3.8, 4) is 0 Å². The first kappa shape index (κ1) is 13.5. The number of carbonyl (C=O) groups excluding carboxylic acids is 1. The molecule has 1 aliphatic heterocycles. The van der Waals surface area contributed by atoms with Gasteiger partial charge in [-0.25, -0.2) is 4.79 Å². The average molecular weight is 264 g/mol. The molecule has 1 aromatic carbocycles. The van der Waals surface area contributed by atoms with Crippen LogP contribution in [0, 0.1) is 10.1 Å². The summed E-state index contributed by atoms with van der Waals surface area (Å²) in [6, 6.07) is 6.23. The molecular formula is C13H16N2O4. The first-order valence-corrected chi connectivity index (χ1v) is 6.35. The molecule has 1 aromatic rings. The van der Waals surface area contributed by atoms with E-state index in [1.807, 2.05) is 0 Å². The third-order valence-corrected chi connectivity index (χ3v) is 3.07. The Morgan fingerprint density at radius 1 is 1.26 bits per heavy atom. The standard InChI is InChI=1S/C13H16N2O4/c16-13(19-14-8-4-1-5-9-14)10-11-6-2-3-7-12(11)15(17)18/h2-3,6-7H,1,4-5,8-10H2. The number of carbonyl (C=O) groups is 1. The van der Waals surface area contributed by atoms with Gasteiger partial charge in [-0.1, -0.05) is 24.6 Å². The Morgan fingerprint density at radius 3 is 2.63 bits per heavy atom. The number of nitro groups is 1. The van der Waals surface area contributed by atoms with Gasteiger partial charge in [0.05, 0.1) is 11.3 Å². The number of rotatable bonds is 4. The molecule has 1 heterocycles. The molecule has 0 N–H and O–H groups in total. The summed E-state index contributed by atoms with van der Waals surface area (Å²) in [5.41, 5.74) is 0.340. The first-order chi connectivity index (χ1) is 9.16. The molecule has 0 aromatic heterocycles. The van der Waals surface area contributed by atoms with Gasteiger partial charge in [-0.2, -0.15) is 0 Å². The molecule has 2 rings (SSSR count). The highest BCUT2D eigenvalue weighted by atomic mass is 16.7. The number of hydrogen-bond donors (Lipinski definition) is 0. The van der Waals surface area contributed by atoms with Gasteiger partial charge < -0.3 is 4.84 Å². The number of nitro benzene ring substituents is 1. The van der Waals surface area contributed by atoms with Crippen LogP contribution in [0.3, 0.4) is 0 Å². The van der Waals surface area contributed by atoms with Gasteiger partial charge in [0.1, 0.15) is 0 Å². The Kier molecular flexibility index (Phi) is 4.46. The van der Waals surface area contributed by atoms with Crippen LogP contribution >= 0.6 is 0 Å². The average Bonchev–Trinajstić information content (AvgIpc) is 2.40. The Labute approximate surface area is 111 Å². The molecule has 1 saturated heterocycles. The van der Waals surface area contributed by atoms with E-state index in [2.05, 4.69) is 0 Å². The lowest BCUT2D eigenvalue weighted by atomic mass is 10.1. The van der Waals surface area contributed by atoms with Crippen molar-refractivity contribution >= 4 is 11.7 Å². The maximum Gasteiger partial charge on any atom is 0.329 e. The van der Waals surface area contributed by atoms with Gasteiger partial charge in [0.15, 0.2) is 0 Å². The van der Waals surface area contributed by atoms with E-state index in [1.54, 1.807) is 23.3 Å². The number of benzene rings is 1. The lowest BCUT2D eigenvalue weighted by Crippen LogP contribution is -2.32. The minimum Gasteiger partial charge on any atom is -0.368 e. The maximum atomic E-state index is 11.8. The normalized spacial score (nSPS) is 16.0. The fraction of sp³-hybridized carbons (Fsp3) is 0.462. The summed E-state index contributed by atoms with van der Waals surface area (Å²) in [6.07, 6.45) is 3.10. The van der Waals surface area contributed by atoms with Crippen LogP contribution in [0.4, 0.5) is 5.69 Å². The molecule has 102 valence electrons. The fourth-order valence-electron chi connectivity index (χ4n) is 2.13. The fourth-order valence-corrected chi connectivity index (χ4v) is 2.13. The monoisotopic (exact) mass is 264 g/mol. The molecule has 0 unspecified atom stereocenters. The SMILES string of the molecule is O=C(Cc1ccccc1[N+](=O)[O-])ON1CCCCC1. The molecular weight excluding hydrogens is 248 g/mol. The van der Waals surface area contributed by atoms with Crippen LogP contribution in [0.15, 0.2) is 24.3 Å². The smallest absolute Gasteiger partial charge is 0.329 e. The Morgan fingerprint density at radius 2 is 1.95 bits per heavy atom. The number of para-hydroxylation sites is 1. The summed E-state index contributed by atoms with van der Waals surface area (Å²) < 4.78 is 0. The molecule has 1 fully saturated rings. The van der Waals surface area contributed by atoms with Gasteiger partial charge in [-0.3, -0.25) is 10.1 Å². The summed E-state index contributed by atoms with van der Waals surface area (Å²) in [7, 11) is 0. The summed E-state index contributed by atoms with van der Waals surface area (Å²) in [6.45, 7) is 1.48. The van der Waals surface area contributed by atoms with Crippen LogP contribution in [0.1, 0.15) is 24.8 Å². The van der Waals surface area contributed by atoms with E-state index >= 15 is 0 Å². The van der Waals surface area contributed by atoms with Gasteiger partial charge in [-0.05, 0) is 12.8 Å². The van der Waals surface area contributed by atoms with Crippen LogP contribution < -0.4 is 0 Å². The Hall–Kier alpha value is -1.95. The van der Waals surface area contributed by atoms with Gasteiger partial charge in [0, 0.05) is 24.7 Å². The van der Waals surface area contributed by atoms with E-state index in [-0.39, 0.29) is 12.1 Å². The first-order valence-electron chi connectivity index (χ1n) is 6.35. The van der Waals surface area contributed by atoms with Crippen molar-refractivity contribution in [1.29, 1.82) is 0 Å². The molecule has 0 amide bonds. The van der Waals surface area contributed by atoms with Gasteiger partial charge in [0.2, 0.25) is 0 Å². The van der Waals surface area contributed by atoms with Crippen LogP contribution in [-0.2, 0) is 16.1 Å². The van der Waals surface area contributed by atoms with Gasteiger partial charge in [0.25, 0.3) is 5.69 Å². The number of piperidine rings is 1. The van der Waals surface area contributed by atoms with E-state index in [1.165, 1.54) is 6.07 Å². The van der Waals surface area contributed by atoms with E-state index in [9.17, 15) is 14.9 Å². The molecule has 0 radical (unpaired) electrons. The predicted octanol–water partition coefficient (Wildman–Crippen LogP) is 2.08. The van der Waals surface area contributed by atoms with E-state index in [4.69, 9.17) is 4.84 Å². The van der Waals surface area contributed by atoms with Crippen LogP contribution in [0.2, 0.25) is 0 Å². The highest BCUT2D eigenvalue weighted by Gasteiger charge is 2.19. The zero-order valence-electron chi connectivity index (χ0n) is 10.6. The number of nitrogens with zero attached hydrogens (tertiary/aromatic N) is 2. The third-order valence-electron chi connectivity index (χ3n) is 3.07. The zero-order valence-corrected chi connectivity index (χ0v) is 10.6. The minimum absolute atomic E-state index is 0.0434. The van der Waals surface area contributed by atoms with Gasteiger partial charge >= 0.3 is 5.97 Å². The van der Waals surface area contributed by atoms with Crippen molar-refractivity contribution in [2.75, 3.05) is 13.1 Å². The maximum absolute atomic E-state index is 11.8. The topological polar surface area (TPSA) is 72.7 Å². The molecule has 0 atom stereocenters. The highest BCUT2D eigenvalue weighted by molar-refractivity contribution is 5.73. The lowest BCUT2D eigenvalue weighted by Gasteiger charge is -2.24. The second-order valence-corrected chi connectivity index (χ2v) is 4.52. The second-order valence-electron chi connectivity index (χ2n) is 4.52. The van der Waals surface area contributed by atoms with Gasteiger partial charge in [-0.15, -0.1) is 5.06 Å². The van der Waals surface area contributed by atoms with E-state index in [0.29, 0.717) is 5.56 Å². The van der Waals surface area contributed by atoms with Crippen LogP contribution in [-0.4, -0.2) is 29.0 Å². The molecule has 6 nitrogen and oxygen atoms in total. The van der Waals surface area contributed by atoms with Crippen molar-refractivity contribution in [3.05, 3.63) is 39.9 Å².